The number of fused-ring (bicyclic) bond motifs is 1. The molecule has 152 valence electrons. The number of nitrogens with zero attached hydrogens (tertiary/aromatic N) is 2. The van der Waals surface area contributed by atoms with E-state index in [2.05, 4.69) is 10.2 Å². The number of aryl methyl sites for hydroxylation is 2. The van der Waals surface area contributed by atoms with Crippen LogP contribution in [-0.2, 0) is 10.1 Å². The molecule has 0 heterocycles. The molecule has 0 aromatic heterocycles. The summed E-state index contributed by atoms with van der Waals surface area (Å²) >= 11 is 0. The van der Waals surface area contributed by atoms with E-state index in [0.29, 0.717) is 40.2 Å². The first kappa shape index (κ1) is 20.8. The number of azo groups is 1. The van der Waals surface area contributed by atoms with Crippen molar-refractivity contribution in [1.29, 1.82) is 0 Å². The summed E-state index contributed by atoms with van der Waals surface area (Å²) in [5, 5.41) is 9.46. The fourth-order valence-electron chi connectivity index (χ4n) is 2.91. The maximum absolute atomic E-state index is 11.9. The molecule has 3 rings (SSSR count). The van der Waals surface area contributed by atoms with Gasteiger partial charge in [-0.1, -0.05) is 13.0 Å². The number of hydrogen-bond donors (Lipinski definition) is 2. The van der Waals surface area contributed by atoms with E-state index in [1.165, 1.54) is 6.07 Å². The van der Waals surface area contributed by atoms with E-state index < -0.39 is 10.1 Å². The smallest absolute Gasteiger partial charge is 0.295 e. The third-order valence-electron chi connectivity index (χ3n) is 4.48. The second-order valence-corrected chi connectivity index (χ2v) is 8.24. The fourth-order valence-corrected chi connectivity index (χ4v) is 3.63. The maximum atomic E-state index is 11.9. The van der Waals surface area contributed by atoms with Gasteiger partial charge >= 0.3 is 0 Å². The molecule has 29 heavy (non-hydrogen) atoms. The van der Waals surface area contributed by atoms with Gasteiger partial charge in [-0.2, -0.15) is 18.6 Å². The minimum Gasteiger partial charge on any atom is -0.494 e. The molecule has 0 bridgehead atoms. The molecule has 0 unspecified atom stereocenters. The first-order valence-corrected chi connectivity index (χ1v) is 10.6. The van der Waals surface area contributed by atoms with E-state index in [-0.39, 0.29) is 4.90 Å². The van der Waals surface area contributed by atoms with Gasteiger partial charge in [0.25, 0.3) is 10.1 Å². The summed E-state index contributed by atoms with van der Waals surface area (Å²) in [6, 6.07) is 11.7. The summed E-state index contributed by atoms with van der Waals surface area (Å²) in [5.41, 5.74) is 9.50. The van der Waals surface area contributed by atoms with Crippen LogP contribution in [0.2, 0.25) is 0 Å². The van der Waals surface area contributed by atoms with Crippen LogP contribution in [0.1, 0.15) is 24.5 Å². The number of hydrogen-bond acceptors (Lipinski definition) is 6. The highest BCUT2D eigenvalue weighted by atomic mass is 32.2. The molecule has 0 fully saturated rings. The molecule has 0 aliphatic heterocycles. The van der Waals surface area contributed by atoms with Crippen molar-refractivity contribution >= 4 is 38.0 Å². The largest absolute Gasteiger partial charge is 0.494 e. The predicted octanol–water partition coefficient (Wildman–Crippen LogP) is 5.49. The molecular formula is C21H23N3O4S. The topological polar surface area (TPSA) is 114 Å². The fraction of sp³-hybridized carbons (Fsp3) is 0.238. The lowest BCUT2D eigenvalue weighted by atomic mass is 10.1. The van der Waals surface area contributed by atoms with Crippen molar-refractivity contribution in [1.82, 2.24) is 0 Å². The Morgan fingerprint density at radius 1 is 1.03 bits per heavy atom. The van der Waals surface area contributed by atoms with Crippen LogP contribution in [-0.4, -0.2) is 19.6 Å². The first-order valence-electron chi connectivity index (χ1n) is 9.15. The SMILES string of the molecule is CCCOc1cc(S(=O)(=O)O)c2cc(N=Nc3cc(C)c(N)cc3C)ccc2c1. The van der Waals surface area contributed by atoms with Gasteiger partial charge < -0.3 is 10.5 Å². The van der Waals surface area contributed by atoms with Crippen LogP contribution in [0.25, 0.3) is 10.8 Å². The highest BCUT2D eigenvalue weighted by molar-refractivity contribution is 7.86. The van der Waals surface area contributed by atoms with Gasteiger partial charge in [-0.25, -0.2) is 0 Å². The Morgan fingerprint density at radius 3 is 2.48 bits per heavy atom. The van der Waals surface area contributed by atoms with Gasteiger partial charge in [0, 0.05) is 17.1 Å². The average Bonchev–Trinajstić information content (AvgIpc) is 2.66. The highest BCUT2D eigenvalue weighted by Gasteiger charge is 2.17. The van der Waals surface area contributed by atoms with E-state index in [9.17, 15) is 13.0 Å². The van der Waals surface area contributed by atoms with E-state index >= 15 is 0 Å². The lowest BCUT2D eigenvalue weighted by Crippen LogP contribution is -2.02. The Kier molecular flexibility index (Phi) is 5.86. The van der Waals surface area contributed by atoms with Crippen LogP contribution in [0, 0.1) is 13.8 Å². The Morgan fingerprint density at radius 2 is 1.79 bits per heavy atom. The lowest BCUT2D eigenvalue weighted by Gasteiger charge is -2.10. The standard InChI is InChI=1S/C21H23N3O4S/c1-4-7-28-17-10-15-5-6-16(11-18(15)21(12-17)29(25,26)27)23-24-20-9-13(2)19(22)8-14(20)3/h5-6,8-12H,4,7,22H2,1-3H3,(H,25,26,27). The molecule has 0 saturated heterocycles. The lowest BCUT2D eigenvalue weighted by molar-refractivity contribution is 0.317. The highest BCUT2D eigenvalue weighted by Crippen LogP contribution is 2.33. The van der Waals surface area contributed by atoms with E-state index in [0.717, 1.165) is 17.5 Å². The van der Waals surface area contributed by atoms with Crippen molar-refractivity contribution in [3.63, 3.8) is 0 Å². The average molecular weight is 413 g/mol. The van der Waals surface area contributed by atoms with Crippen molar-refractivity contribution in [2.75, 3.05) is 12.3 Å². The van der Waals surface area contributed by atoms with Gasteiger partial charge in [0.2, 0.25) is 0 Å². The monoisotopic (exact) mass is 413 g/mol. The number of rotatable bonds is 6. The van der Waals surface area contributed by atoms with Gasteiger partial charge in [-0.3, -0.25) is 4.55 Å². The van der Waals surface area contributed by atoms with E-state index in [1.54, 1.807) is 24.3 Å². The summed E-state index contributed by atoms with van der Waals surface area (Å²) in [6.45, 7) is 6.18. The summed E-state index contributed by atoms with van der Waals surface area (Å²) in [6.07, 6.45) is 0.780. The van der Waals surface area contributed by atoms with Crippen LogP contribution < -0.4 is 10.5 Å². The van der Waals surface area contributed by atoms with Gasteiger partial charge in [0.1, 0.15) is 10.6 Å². The van der Waals surface area contributed by atoms with Gasteiger partial charge in [-0.15, -0.1) is 0 Å². The Bertz CT molecular complexity index is 1200. The minimum absolute atomic E-state index is 0.224. The first-order chi connectivity index (χ1) is 13.7. The molecule has 0 amide bonds. The van der Waals surface area contributed by atoms with Crippen molar-refractivity contribution in [2.24, 2.45) is 10.2 Å². The maximum Gasteiger partial charge on any atom is 0.295 e. The van der Waals surface area contributed by atoms with E-state index in [1.807, 2.05) is 32.9 Å². The third kappa shape index (κ3) is 4.72. The molecule has 0 aliphatic carbocycles. The minimum atomic E-state index is -4.44. The Balaban J connectivity index is 2.06. The zero-order chi connectivity index (χ0) is 21.2. The number of nitrogens with two attached hydrogens (primary N) is 1. The number of anilines is 1. The second kappa shape index (κ2) is 8.18. The van der Waals surface area contributed by atoms with Crippen LogP contribution in [0.5, 0.6) is 5.75 Å². The van der Waals surface area contributed by atoms with Crippen LogP contribution in [0.3, 0.4) is 0 Å². The predicted molar refractivity (Wildman–Crippen MR) is 114 cm³/mol. The zero-order valence-corrected chi connectivity index (χ0v) is 17.3. The van der Waals surface area contributed by atoms with Crippen molar-refractivity contribution in [3.05, 3.63) is 53.6 Å². The molecule has 3 N–H and O–H groups in total. The Labute approximate surface area is 170 Å². The second-order valence-electron chi connectivity index (χ2n) is 6.85. The van der Waals surface area contributed by atoms with Crippen LogP contribution in [0.15, 0.2) is 57.6 Å². The number of benzene rings is 3. The molecule has 0 aliphatic rings. The van der Waals surface area contributed by atoms with Crippen LogP contribution >= 0.6 is 0 Å². The summed E-state index contributed by atoms with van der Waals surface area (Å²) in [5.74, 6) is 0.384. The quantitative estimate of drug-likeness (QED) is 0.315. The number of nitrogen functional groups attached to an aromatic ring is 1. The molecule has 8 heteroatoms. The molecule has 3 aromatic rings. The van der Waals surface area contributed by atoms with Crippen molar-refractivity contribution < 1.29 is 17.7 Å². The van der Waals surface area contributed by atoms with Crippen LogP contribution in [0.4, 0.5) is 17.1 Å². The van der Waals surface area contributed by atoms with Gasteiger partial charge in [0.05, 0.1) is 18.0 Å². The molecule has 0 spiro atoms. The molecule has 0 saturated carbocycles. The molecular weight excluding hydrogens is 390 g/mol. The van der Waals surface area contributed by atoms with Crippen molar-refractivity contribution in [2.45, 2.75) is 32.1 Å². The Hall–Kier alpha value is -2.97. The summed E-state index contributed by atoms with van der Waals surface area (Å²) in [4.78, 5) is -0.224. The van der Waals surface area contributed by atoms with E-state index in [4.69, 9.17) is 10.5 Å². The number of ether oxygens (including phenoxy) is 1. The molecule has 0 atom stereocenters. The summed E-state index contributed by atoms with van der Waals surface area (Å²) < 4.78 is 39.0. The van der Waals surface area contributed by atoms with Gasteiger partial charge in [-0.05, 0) is 67.1 Å². The zero-order valence-electron chi connectivity index (χ0n) is 16.5. The molecule has 0 radical (unpaired) electrons. The van der Waals surface area contributed by atoms with Crippen molar-refractivity contribution in [3.8, 4) is 5.75 Å². The summed E-state index contributed by atoms with van der Waals surface area (Å²) in [7, 11) is -4.44. The van der Waals surface area contributed by atoms with Gasteiger partial charge in [0.15, 0.2) is 0 Å². The molecule has 7 nitrogen and oxygen atoms in total. The third-order valence-corrected chi connectivity index (χ3v) is 5.38. The normalized spacial score (nSPS) is 12.0. The molecule has 3 aromatic carbocycles.